The second kappa shape index (κ2) is 6.17. The molecule has 0 aliphatic carbocycles. The van der Waals surface area contributed by atoms with Crippen LogP contribution in [0.1, 0.15) is 21.8 Å². The van der Waals surface area contributed by atoms with Crippen molar-refractivity contribution in [2.75, 3.05) is 0 Å². The minimum absolute atomic E-state index is 0.139. The molecule has 0 fully saturated rings. The maximum absolute atomic E-state index is 13.9. The van der Waals surface area contributed by atoms with Crippen LogP contribution in [0.3, 0.4) is 0 Å². The Bertz CT molecular complexity index is 711. The molecule has 0 saturated carbocycles. The molecule has 0 amide bonds. The largest absolute Gasteiger partial charge is 0.292 e. The molecule has 5 heteroatoms. The number of Topliss-reactive ketones (excluding diaryl/α,β-unsaturated/α-hetero) is 1. The van der Waals surface area contributed by atoms with Gasteiger partial charge in [-0.15, -0.1) is 0 Å². The normalized spacial score (nSPS) is 11.7. The molecule has 100 valence electrons. The van der Waals surface area contributed by atoms with Crippen LogP contribution in [0.4, 0.5) is 4.39 Å². The maximum atomic E-state index is 13.9. The van der Waals surface area contributed by atoms with Gasteiger partial charge in [-0.1, -0.05) is 51.8 Å². The Hall–Kier alpha value is -1.70. The predicted octanol–water partition coefficient (Wildman–Crippen LogP) is 4.73. The van der Waals surface area contributed by atoms with Crippen LogP contribution in [0, 0.1) is 17.1 Å². The smallest absolute Gasteiger partial charge is 0.187 e. The summed E-state index contributed by atoms with van der Waals surface area (Å²) in [5.41, 5.74) is 0.319. The van der Waals surface area contributed by atoms with Gasteiger partial charge >= 0.3 is 0 Å². The molecule has 0 radical (unpaired) electrons. The van der Waals surface area contributed by atoms with E-state index >= 15 is 0 Å². The minimum atomic E-state index is -1.08. The van der Waals surface area contributed by atoms with Crippen LogP contribution in [0.2, 0.25) is 5.02 Å². The van der Waals surface area contributed by atoms with E-state index in [-0.39, 0.29) is 10.6 Å². The second-order valence-corrected chi connectivity index (χ2v) is 5.31. The lowest BCUT2D eigenvalue weighted by molar-refractivity contribution is 0.0974. The minimum Gasteiger partial charge on any atom is -0.292 e. The van der Waals surface area contributed by atoms with Crippen molar-refractivity contribution < 1.29 is 9.18 Å². The molecule has 1 atom stereocenters. The quantitative estimate of drug-likeness (QED) is 0.749. The number of rotatable bonds is 3. The zero-order chi connectivity index (χ0) is 14.7. The van der Waals surface area contributed by atoms with Gasteiger partial charge in [-0.2, -0.15) is 5.26 Å². The van der Waals surface area contributed by atoms with E-state index in [0.717, 1.165) is 0 Å². The summed E-state index contributed by atoms with van der Waals surface area (Å²) in [5, 5.41) is 9.11. The fourth-order valence-corrected chi connectivity index (χ4v) is 2.52. The summed E-state index contributed by atoms with van der Waals surface area (Å²) in [6.07, 6.45) is 0. The molecule has 0 heterocycles. The van der Waals surface area contributed by atoms with E-state index in [9.17, 15) is 14.4 Å². The molecule has 0 N–H and O–H groups in total. The van der Waals surface area contributed by atoms with Crippen molar-refractivity contribution in [3.63, 3.8) is 0 Å². The van der Waals surface area contributed by atoms with Gasteiger partial charge in [0.2, 0.25) is 0 Å². The molecular weight excluding hydrogens is 345 g/mol. The third-order valence-corrected chi connectivity index (χ3v) is 3.84. The summed E-state index contributed by atoms with van der Waals surface area (Å²) < 4.78 is 14.5. The molecular formula is C15H8BrClFNO. The zero-order valence-corrected chi connectivity index (χ0v) is 12.5. The Labute approximate surface area is 128 Å². The van der Waals surface area contributed by atoms with Gasteiger partial charge in [0.15, 0.2) is 11.6 Å². The average molecular weight is 353 g/mol. The molecule has 0 spiro atoms. The SMILES string of the molecule is N#CC(C(=O)c1cccc(Cl)c1F)c1ccccc1Br. The van der Waals surface area contributed by atoms with E-state index in [4.69, 9.17) is 11.6 Å². The first kappa shape index (κ1) is 14.7. The van der Waals surface area contributed by atoms with Crippen LogP contribution in [-0.2, 0) is 0 Å². The Morgan fingerprint density at radius 1 is 1.25 bits per heavy atom. The summed E-state index contributed by atoms with van der Waals surface area (Å²) >= 11 is 8.95. The third kappa shape index (κ3) is 2.74. The van der Waals surface area contributed by atoms with E-state index in [0.29, 0.717) is 10.0 Å². The standard InChI is InChI=1S/C15H8BrClFNO/c16-12-6-2-1-4-9(12)11(8-19)15(20)10-5-3-7-13(17)14(10)18/h1-7,11H. The topological polar surface area (TPSA) is 40.9 Å². The number of hydrogen-bond donors (Lipinski definition) is 0. The molecule has 20 heavy (non-hydrogen) atoms. The van der Waals surface area contributed by atoms with Gasteiger partial charge in [-0.3, -0.25) is 4.79 Å². The van der Waals surface area contributed by atoms with Gasteiger partial charge in [0.1, 0.15) is 5.92 Å². The maximum Gasteiger partial charge on any atom is 0.187 e. The van der Waals surface area contributed by atoms with Crippen LogP contribution in [0.15, 0.2) is 46.9 Å². The molecule has 0 saturated heterocycles. The highest BCUT2D eigenvalue weighted by atomic mass is 79.9. The highest BCUT2D eigenvalue weighted by molar-refractivity contribution is 9.10. The number of carbonyl (C=O) groups excluding carboxylic acids is 1. The van der Waals surface area contributed by atoms with Crippen molar-refractivity contribution in [1.82, 2.24) is 0 Å². The van der Waals surface area contributed by atoms with Gasteiger partial charge in [0.05, 0.1) is 16.7 Å². The highest BCUT2D eigenvalue weighted by Gasteiger charge is 2.26. The second-order valence-electron chi connectivity index (χ2n) is 4.05. The summed E-state index contributed by atoms with van der Waals surface area (Å²) in [6, 6.07) is 12.9. The number of halogens is 3. The summed E-state index contributed by atoms with van der Waals surface area (Å²) in [5.74, 6) is -2.50. The van der Waals surface area contributed by atoms with Gasteiger partial charge in [-0.25, -0.2) is 4.39 Å². The van der Waals surface area contributed by atoms with Gasteiger partial charge in [-0.05, 0) is 23.8 Å². The number of hydrogen-bond acceptors (Lipinski definition) is 2. The molecule has 0 aliphatic heterocycles. The average Bonchev–Trinajstić information content (AvgIpc) is 2.44. The van der Waals surface area contributed by atoms with Gasteiger partial charge < -0.3 is 0 Å². The van der Waals surface area contributed by atoms with Crippen LogP contribution >= 0.6 is 27.5 Å². The molecule has 2 rings (SSSR count). The molecule has 1 unspecified atom stereocenters. The molecule has 0 bridgehead atoms. The van der Waals surface area contributed by atoms with Crippen molar-refractivity contribution in [1.29, 1.82) is 5.26 Å². The third-order valence-electron chi connectivity index (χ3n) is 2.82. The summed E-state index contributed by atoms with van der Waals surface area (Å²) in [6.45, 7) is 0. The Balaban J connectivity index is 2.49. The van der Waals surface area contributed by atoms with E-state index < -0.39 is 17.5 Å². The first-order valence-electron chi connectivity index (χ1n) is 5.68. The number of benzene rings is 2. The lowest BCUT2D eigenvalue weighted by atomic mass is 9.91. The van der Waals surface area contributed by atoms with Crippen molar-refractivity contribution in [3.05, 3.63) is 68.9 Å². The predicted molar refractivity (Wildman–Crippen MR) is 78.2 cm³/mol. The number of carbonyl (C=O) groups is 1. The molecule has 0 aliphatic rings. The van der Waals surface area contributed by atoms with Crippen molar-refractivity contribution in [2.45, 2.75) is 5.92 Å². The Morgan fingerprint density at radius 3 is 2.60 bits per heavy atom. The van der Waals surface area contributed by atoms with E-state index in [1.54, 1.807) is 24.3 Å². The number of nitrogens with zero attached hydrogens (tertiary/aromatic N) is 1. The lowest BCUT2D eigenvalue weighted by Gasteiger charge is -2.11. The van der Waals surface area contributed by atoms with E-state index in [1.165, 1.54) is 18.2 Å². The van der Waals surface area contributed by atoms with E-state index in [1.807, 2.05) is 6.07 Å². The zero-order valence-electron chi connectivity index (χ0n) is 10.1. The highest BCUT2D eigenvalue weighted by Crippen LogP contribution is 2.29. The van der Waals surface area contributed by atoms with Gasteiger partial charge in [0, 0.05) is 4.47 Å². The monoisotopic (exact) mass is 351 g/mol. The lowest BCUT2D eigenvalue weighted by Crippen LogP contribution is -2.13. The van der Waals surface area contributed by atoms with Crippen molar-refractivity contribution in [3.8, 4) is 6.07 Å². The van der Waals surface area contributed by atoms with Gasteiger partial charge in [0.25, 0.3) is 0 Å². The van der Waals surface area contributed by atoms with Crippen LogP contribution in [0.25, 0.3) is 0 Å². The van der Waals surface area contributed by atoms with E-state index in [2.05, 4.69) is 15.9 Å². The van der Waals surface area contributed by atoms with Crippen LogP contribution < -0.4 is 0 Å². The molecule has 2 aromatic rings. The Morgan fingerprint density at radius 2 is 1.95 bits per heavy atom. The number of ketones is 1. The van der Waals surface area contributed by atoms with Crippen molar-refractivity contribution >= 4 is 33.3 Å². The fourth-order valence-electron chi connectivity index (χ4n) is 1.83. The van der Waals surface area contributed by atoms with Crippen LogP contribution in [-0.4, -0.2) is 5.78 Å². The summed E-state index contributed by atoms with van der Waals surface area (Å²) in [7, 11) is 0. The molecule has 2 nitrogen and oxygen atoms in total. The molecule has 2 aromatic carbocycles. The fraction of sp³-hybridized carbons (Fsp3) is 0.0667. The van der Waals surface area contributed by atoms with Crippen LogP contribution in [0.5, 0.6) is 0 Å². The summed E-state index contributed by atoms with van der Waals surface area (Å²) in [4.78, 5) is 12.4. The molecule has 0 aromatic heterocycles. The first-order chi connectivity index (χ1) is 9.56. The number of nitriles is 1. The van der Waals surface area contributed by atoms with Crippen molar-refractivity contribution in [2.24, 2.45) is 0 Å². The Kier molecular flexibility index (Phi) is 4.53. The first-order valence-corrected chi connectivity index (χ1v) is 6.85.